The van der Waals surface area contributed by atoms with Crippen LogP contribution in [-0.4, -0.2) is 7.05 Å². The van der Waals surface area contributed by atoms with Crippen LogP contribution in [0.1, 0.15) is 44.4 Å². The smallest absolute Gasteiger partial charge is 0.0315 e. The first-order chi connectivity index (χ1) is 10.1. The lowest BCUT2D eigenvalue weighted by Gasteiger charge is -2.15. The largest absolute Gasteiger partial charge is 0.313 e. The summed E-state index contributed by atoms with van der Waals surface area (Å²) < 4.78 is 0. The second kappa shape index (κ2) is 7.42. The van der Waals surface area contributed by atoms with Gasteiger partial charge in [-0.3, -0.25) is 0 Å². The number of benzene rings is 2. The maximum absolute atomic E-state index is 3.38. The van der Waals surface area contributed by atoms with E-state index in [-0.39, 0.29) is 0 Å². The van der Waals surface area contributed by atoms with Gasteiger partial charge in [-0.15, -0.1) is 0 Å². The van der Waals surface area contributed by atoms with Crippen LogP contribution in [0.15, 0.2) is 48.5 Å². The Balaban J connectivity index is 2.31. The third-order valence-electron chi connectivity index (χ3n) is 3.95. The standard InChI is InChI=1S/C20H27N/c1-5-20(21-4)19-11-7-10-18(14-19)17-9-6-8-16(13-17)12-15(2)3/h6-11,13-15,20-21H,5,12H2,1-4H3. The minimum Gasteiger partial charge on any atom is -0.313 e. The van der Waals surface area contributed by atoms with Gasteiger partial charge in [0.05, 0.1) is 0 Å². The summed E-state index contributed by atoms with van der Waals surface area (Å²) in [6.07, 6.45) is 2.25. The molecule has 2 aromatic rings. The van der Waals surface area contributed by atoms with Gasteiger partial charge in [0.15, 0.2) is 0 Å². The molecule has 1 N–H and O–H groups in total. The lowest BCUT2D eigenvalue weighted by atomic mass is 9.95. The molecule has 0 aliphatic heterocycles. The molecule has 1 unspecified atom stereocenters. The van der Waals surface area contributed by atoms with E-state index in [2.05, 4.69) is 74.6 Å². The van der Waals surface area contributed by atoms with Crippen molar-refractivity contribution in [3.63, 3.8) is 0 Å². The van der Waals surface area contributed by atoms with Crippen LogP contribution >= 0.6 is 0 Å². The fraction of sp³-hybridized carbons (Fsp3) is 0.400. The molecule has 2 aromatic carbocycles. The van der Waals surface area contributed by atoms with Gasteiger partial charge in [0, 0.05) is 6.04 Å². The van der Waals surface area contributed by atoms with E-state index < -0.39 is 0 Å². The minimum atomic E-state index is 0.434. The van der Waals surface area contributed by atoms with Gasteiger partial charge in [-0.05, 0) is 54.1 Å². The minimum absolute atomic E-state index is 0.434. The molecule has 0 saturated carbocycles. The summed E-state index contributed by atoms with van der Waals surface area (Å²) in [5.41, 5.74) is 5.42. The first kappa shape index (κ1) is 15.8. The highest BCUT2D eigenvalue weighted by atomic mass is 14.9. The maximum atomic E-state index is 3.38. The molecule has 21 heavy (non-hydrogen) atoms. The van der Waals surface area contributed by atoms with Crippen LogP contribution in [0.4, 0.5) is 0 Å². The molecule has 1 atom stereocenters. The van der Waals surface area contributed by atoms with Crippen molar-refractivity contribution in [2.75, 3.05) is 7.05 Å². The van der Waals surface area contributed by atoms with Gasteiger partial charge in [-0.1, -0.05) is 63.2 Å². The van der Waals surface area contributed by atoms with E-state index in [0.717, 1.165) is 12.8 Å². The topological polar surface area (TPSA) is 12.0 Å². The van der Waals surface area contributed by atoms with Gasteiger partial charge in [0.2, 0.25) is 0 Å². The lowest BCUT2D eigenvalue weighted by molar-refractivity contribution is 0.577. The summed E-state index contributed by atoms with van der Waals surface area (Å²) in [7, 11) is 2.03. The molecular weight excluding hydrogens is 254 g/mol. The van der Waals surface area contributed by atoms with Crippen molar-refractivity contribution in [3.8, 4) is 11.1 Å². The average molecular weight is 281 g/mol. The number of rotatable bonds is 6. The zero-order valence-electron chi connectivity index (χ0n) is 13.7. The number of hydrogen-bond donors (Lipinski definition) is 1. The SMILES string of the molecule is CCC(NC)c1cccc(-c2cccc(CC(C)C)c2)c1. The molecular formula is C20H27N. The summed E-state index contributed by atoms with van der Waals surface area (Å²) in [5, 5.41) is 3.38. The predicted octanol–water partition coefficient (Wildman–Crippen LogP) is 5.22. The van der Waals surface area contributed by atoms with Crippen LogP contribution in [0, 0.1) is 5.92 Å². The van der Waals surface area contributed by atoms with E-state index >= 15 is 0 Å². The third kappa shape index (κ3) is 4.18. The molecule has 2 rings (SSSR count). The number of nitrogens with one attached hydrogen (secondary N) is 1. The molecule has 1 heteroatoms. The van der Waals surface area contributed by atoms with Crippen LogP contribution in [0.3, 0.4) is 0 Å². The Bertz CT molecular complexity index is 568. The second-order valence-electron chi connectivity index (χ2n) is 6.17. The second-order valence-corrected chi connectivity index (χ2v) is 6.17. The van der Waals surface area contributed by atoms with Crippen LogP contribution in [0.25, 0.3) is 11.1 Å². The predicted molar refractivity (Wildman–Crippen MR) is 92.5 cm³/mol. The van der Waals surface area contributed by atoms with E-state index in [4.69, 9.17) is 0 Å². The molecule has 1 nitrogen and oxygen atoms in total. The molecule has 0 fully saturated rings. The Morgan fingerprint density at radius 1 is 0.952 bits per heavy atom. The summed E-state index contributed by atoms with van der Waals surface area (Å²) >= 11 is 0. The Morgan fingerprint density at radius 3 is 2.24 bits per heavy atom. The quantitative estimate of drug-likeness (QED) is 0.765. The molecule has 0 heterocycles. The molecule has 0 aliphatic carbocycles. The summed E-state index contributed by atoms with van der Waals surface area (Å²) in [5.74, 6) is 0.695. The summed E-state index contributed by atoms with van der Waals surface area (Å²) in [6.45, 7) is 6.76. The third-order valence-corrected chi connectivity index (χ3v) is 3.95. The van der Waals surface area contributed by atoms with Crippen LogP contribution in [0.5, 0.6) is 0 Å². The molecule has 0 spiro atoms. The zero-order chi connectivity index (χ0) is 15.2. The van der Waals surface area contributed by atoms with Crippen molar-refractivity contribution in [3.05, 3.63) is 59.7 Å². The van der Waals surface area contributed by atoms with Gasteiger partial charge in [0.25, 0.3) is 0 Å². The van der Waals surface area contributed by atoms with Crippen molar-refractivity contribution in [1.29, 1.82) is 0 Å². The van der Waals surface area contributed by atoms with Crippen molar-refractivity contribution in [1.82, 2.24) is 5.32 Å². The average Bonchev–Trinajstić information content (AvgIpc) is 2.48. The van der Waals surface area contributed by atoms with Crippen LogP contribution in [-0.2, 0) is 6.42 Å². The number of hydrogen-bond acceptors (Lipinski definition) is 1. The first-order valence-electron chi connectivity index (χ1n) is 8.00. The van der Waals surface area contributed by atoms with E-state index in [1.54, 1.807) is 0 Å². The molecule has 0 amide bonds. The van der Waals surface area contributed by atoms with E-state index in [0.29, 0.717) is 12.0 Å². The van der Waals surface area contributed by atoms with E-state index in [9.17, 15) is 0 Å². The Morgan fingerprint density at radius 2 is 1.62 bits per heavy atom. The Labute approximate surface area is 129 Å². The van der Waals surface area contributed by atoms with Gasteiger partial charge in [-0.2, -0.15) is 0 Å². The molecule has 0 aromatic heterocycles. The van der Waals surface area contributed by atoms with E-state index in [1.807, 2.05) is 7.05 Å². The van der Waals surface area contributed by atoms with Crippen molar-refractivity contribution in [2.24, 2.45) is 5.92 Å². The van der Waals surface area contributed by atoms with Crippen molar-refractivity contribution >= 4 is 0 Å². The normalized spacial score (nSPS) is 12.6. The van der Waals surface area contributed by atoms with Gasteiger partial charge < -0.3 is 5.32 Å². The fourth-order valence-electron chi connectivity index (χ4n) is 2.89. The van der Waals surface area contributed by atoms with Crippen molar-refractivity contribution in [2.45, 2.75) is 39.7 Å². The van der Waals surface area contributed by atoms with Crippen LogP contribution < -0.4 is 5.32 Å². The lowest BCUT2D eigenvalue weighted by Crippen LogP contribution is -2.15. The Kier molecular flexibility index (Phi) is 5.58. The molecule has 0 radical (unpaired) electrons. The highest BCUT2D eigenvalue weighted by Gasteiger charge is 2.08. The maximum Gasteiger partial charge on any atom is 0.0315 e. The van der Waals surface area contributed by atoms with Crippen molar-refractivity contribution < 1.29 is 0 Å². The molecule has 0 saturated heterocycles. The Hall–Kier alpha value is -1.60. The highest BCUT2D eigenvalue weighted by Crippen LogP contribution is 2.25. The molecule has 0 aliphatic rings. The van der Waals surface area contributed by atoms with Gasteiger partial charge in [-0.25, -0.2) is 0 Å². The van der Waals surface area contributed by atoms with Crippen LogP contribution in [0.2, 0.25) is 0 Å². The molecule has 112 valence electrons. The monoisotopic (exact) mass is 281 g/mol. The van der Waals surface area contributed by atoms with Gasteiger partial charge in [0.1, 0.15) is 0 Å². The zero-order valence-corrected chi connectivity index (χ0v) is 13.7. The van der Waals surface area contributed by atoms with E-state index in [1.165, 1.54) is 22.3 Å². The summed E-state index contributed by atoms with van der Waals surface area (Å²) in [6, 6.07) is 18.3. The summed E-state index contributed by atoms with van der Waals surface area (Å²) in [4.78, 5) is 0. The highest BCUT2D eigenvalue weighted by molar-refractivity contribution is 5.65. The fourth-order valence-corrected chi connectivity index (χ4v) is 2.89. The first-order valence-corrected chi connectivity index (χ1v) is 8.00. The molecule has 0 bridgehead atoms. The van der Waals surface area contributed by atoms with Gasteiger partial charge >= 0.3 is 0 Å².